The van der Waals surface area contributed by atoms with E-state index >= 15 is 0 Å². The molecule has 28 heavy (non-hydrogen) atoms. The normalized spacial score (nSPS) is 18.8. The molecule has 6 nitrogen and oxygen atoms in total. The molecule has 158 valence electrons. The lowest BCUT2D eigenvalue weighted by atomic mass is 9.98. The first-order valence-electron chi connectivity index (χ1n) is 9.28. The van der Waals surface area contributed by atoms with E-state index in [1.807, 2.05) is 24.3 Å². The van der Waals surface area contributed by atoms with Crippen molar-refractivity contribution in [3.05, 3.63) is 29.8 Å². The van der Waals surface area contributed by atoms with Gasteiger partial charge >= 0.3 is 15.5 Å². The third kappa shape index (κ3) is 5.60. The van der Waals surface area contributed by atoms with Gasteiger partial charge in [-0.2, -0.15) is 17.5 Å². The minimum atomic E-state index is -5.25. The maximum absolute atomic E-state index is 12.6. The molecule has 1 fully saturated rings. The molecule has 0 spiro atoms. The number of sulfonamides is 1. The molecule has 0 amide bonds. The zero-order valence-electron chi connectivity index (χ0n) is 16.0. The maximum atomic E-state index is 12.6. The number of nitrogens with zero attached hydrogens (tertiary/aromatic N) is 2. The summed E-state index contributed by atoms with van der Waals surface area (Å²) in [5.74, 6) is 0.696. The second-order valence-electron chi connectivity index (χ2n) is 7.08. The molecule has 2 rings (SSSR count). The van der Waals surface area contributed by atoms with Crippen molar-refractivity contribution in [1.82, 2.24) is 4.31 Å². The van der Waals surface area contributed by atoms with E-state index in [4.69, 9.17) is 5.73 Å². The van der Waals surface area contributed by atoms with Gasteiger partial charge in [0.1, 0.15) is 0 Å². The summed E-state index contributed by atoms with van der Waals surface area (Å²) in [5, 5.41) is 2.99. The number of aliphatic imine (C=N–C) groups is 1. The molecular weight excluding hydrogens is 393 g/mol. The van der Waals surface area contributed by atoms with Gasteiger partial charge in [-0.25, -0.2) is 8.42 Å². The molecule has 1 aromatic carbocycles. The van der Waals surface area contributed by atoms with E-state index in [0.29, 0.717) is 29.6 Å². The van der Waals surface area contributed by atoms with Crippen LogP contribution in [0.4, 0.5) is 18.9 Å². The third-order valence-corrected chi connectivity index (χ3v) is 6.72. The van der Waals surface area contributed by atoms with Gasteiger partial charge in [-0.05, 0) is 48.8 Å². The Hall–Kier alpha value is -1.81. The standard InChI is InChI=1S/C18H27F3N4O2S/c1-3-13(2)15-4-6-16(7-5-15)24-17(22)23-12-14-8-10-25(11-9-14)28(26,27)18(19,20)21/h4-7,13-14H,3,8-12H2,1-2H3,(H3,22,23,24). The number of nitrogens with one attached hydrogen (secondary N) is 1. The summed E-state index contributed by atoms with van der Waals surface area (Å²) < 4.78 is 61.1. The van der Waals surface area contributed by atoms with E-state index in [2.05, 4.69) is 24.2 Å². The van der Waals surface area contributed by atoms with Crippen LogP contribution < -0.4 is 11.1 Å². The fourth-order valence-corrected chi connectivity index (χ4v) is 4.01. The van der Waals surface area contributed by atoms with Gasteiger partial charge in [-0.15, -0.1) is 0 Å². The minimum absolute atomic E-state index is 0.00665. The Morgan fingerprint density at radius 2 is 1.86 bits per heavy atom. The van der Waals surface area contributed by atoms with Crippen molar-refractivity contribution >= 4 is 21.7 Å². The highest BCUT2D eigenvalue weighted by Gasteiger charge is 2.50. The number of hydrogen-bond donors (Lipinski definition) is 2. The number of benzene rings is 1. The lowest BCUT2D eigenvalue weighted by Gasteiger charge is -2.30. The van der Waals surface area contributed by atoms with E-state index in [1.54, 1.807) is 0 Å². The summed E-state index contributed by atoms with van der Waals surface area (Å²) in [7, 11) is -5.25. The summed E-state index contributed by atoms with van der Waals surface area (Å²) in [6.07, 6.45) is 1.69. The maximum Gasteiger partial charge on any atom is 0.511 e. The second kappa shape index (κ2) is 9.13. The van der Waals surface area contributed by atoms with Crippen molar-refractivity contribution in [2.45, 2.75) is 44.5 Å². The number of anilines is 1. The van der Waals surface area contributed by atoms with E-state index in [9.17, 15) is 21.6 Å². The Balaban J connectivity index is 1.84. The fourth-order valence-electron chi connectivity index (χ4n) is 3.02. The summed E-state index contributed by atoms with van der Waals surface area (Å²) in [4.78, 5) is 4.25. The van der Waals surface area contributed by atoms with Crippen LogP contribution in [0, 0.1) is 5.92 Å². The molecule has 0 aliphatic carbocycles. The quantitative estimate of drug-likeness (QED) is 0.545. The van der Waals surface area contributed by atoms with Crippen molar-refractivity contribution in [2.24, 2.45) is 16.6 Å². The fraction of sp³-hybridized carbons (Fsp3) is 0.611. The molecule has 1 saturated heterocycles. The van der Waals surface area contributed by atoms with Crippen molar-refractivity contribution in [1.29, 1.82) is 0 Å². The number of piperidine rings is 1. The van der Waals surface area contributed by atoms with Crippen LogP contribution in [0.3, 0.4) is 0 Å². The summed E-state index contributed by atoms with van der Waals surface area (Å²) in [6, 6.07) is 7.90. The van der Waals surface area contributed by atoms with Gasteiger partial charge in [0.25, 0.3) is 0 Å². The molecule has 0 radical (unpaired) electrons. The van der Waals surface area contributed by atoms with Crippen LogP contribution in [0.15, 0.2) is 29.3 Å². The van der Waals surface area contributed by atoms with Gasteiger partial charge in [0.05, 0.1) is 0 Å². The number of guanidine groups is 1. The van der Waals surface area contributed by atoms with Crippen LogP contribution in [0.1, 0.15) is 44.6 Å². The highest BCUT2D eigenvalue weighted by Crippen LogP contribution is 2.30. The lowest BCUT2D eigenvalue weighted by Crippen LogP contribution is -2.45. The highest BCUT2D eigenvalue weighted by atomic mass is 32.2. The Morgan fingerprint density at radius 1 is 1.29 bits per heavy atom. The number of nitrogens with two attached hydrogens (primary N) is 1. The molecule has 1 unspecified atom stereocenters. The molecular formula is C18H27F3N4O2S. The first-order valence-corrected chi connectivity index (χ1v) is 10.7. The van der Waals surface area contributed by atoms with Gasteiger partial charge < -0.3 is 11.1 Å². The SMILES string of the molecule is CCC(C)c1ccc(NC(N)=NCC2CCN(S(=O)(=O)C(F)(F)F)CC2)cc1. The topological polar surface area (TPSA) is 87.8 Å². The molecule has 0 aromatic heterocycles. The van der Waals surface area contributed by atoms with Crippen LogP contribution >= 0.6 is 0 Å². The molecule has 1 heterocycles. The van der Waals surface area contributed by atoms with Gasteiger partial charge in [0, 0.05) is 25.3 Å². The Morgan fingerprint density at radius 3 is 2.36 bits per heavy atom. The predicted molar refractivity (Wildman–Crippen MR) is 105 cm³/mol. The summed E-state index contributed by atoms with van der Waals surface area (Å²) in [5.41, 5.74) is 2.68. The molecule has 1 aromatic rings. The van der Waals surface area contributed by atoms with Crippen LogP contribution in [-0.4, -0.2) is 43.8 Å². The van der Waals surface area contributed by atoms with Crippen LogP contribution in [0.2, 0.25) is 0 Å². The Kier molecular flexibility index (Phi) is 7.33. The van der Waals surface area contributed by atoms with Crippen molar-refractivity contribution in [3.8, 4) is 0 Å². The van der Waals surface area contributed by atoms with Gasteiger partial charge in [-0.1, -0.05) is 26.0 Å². The van der Waals surface area contributed by atoms with E-state index in [0.717, 1.165) is 12.1 Å². The van der Waals surface area contributed by atoms with Crippen molar-refractivity contribution < 1.29 is 21.6 Å². The molecule has 3 N–H and O–H groups in total. The van der Waals surface area contributed by atoms with E-state index in [1.165, 1.54) is 5.56 Å². The predicted octanol–water partition coefficient (Wildman–Crippen LogP) is 3.49. The average molecular weight is 421 g/mol. The number of hydrogen-bond acceptors (Lipinski definition) is 3. The molecule has 1 aliphatic rings. The van der Waals surface area contributed by atoms with Crippen molar-refractivity contribution in [2.75, 3.05) is 25.0 Å². The number of halogens is 3. The molecule has 0 bridgehead atoms. The molecule has 10 heteroatoms. The van der Waals surface area contributed by atoms with Crippen LogP contribution in [-0.2, 0) is 10.0 Å². The zero-order chi connectivity index (χ0) is 20.9. The average Bonchev–Trinajstić information content (AvgIpc) is 2.66. The number of rotatable bonds is 6. The van der Waals surface area contributed by atoms with E-state index in [-0.39, 0.29) is 25.0 Å². The lowest BCUT2D eigenvalue weighted by molar-refractivity contribution is -0.0496. The molecule has 1 atom stereocenters. The second-order valence-corrected chi connectivity index (χ2v) is 9.00. The minimum Gasteiger partial charge on any atom is -0.370 e. The van der Waals surface area contributed by atoms with Crippen molar-refractivity contribution in [3.63, 3.8) is 0 Å². The monoisotopic (exact) mass is 420 g/mol. The van der Waals surface area contributed by atoms with Gasteiger partial charge in [0.2, 0.25) is 0 Å². The highest BCUT2D eigenvalue weighted by molar-refractivity contribution is 7.90. The largest absolute Gasteiger partial charge is 0.511 e. The van der Waals surface area contributed by atoms with Gasteiger partial charge in [-0.3, -0.25) is 4.99 Å². The molecule has 1 aliphatic heterocycles. The first-order chi connectivity index (χ1) is 13.0. The Labute approximate surface area is 164 Å². The van der Waals surface area contributed by atoms with Crippen LogP contribution in [0.25, 0.3) is 0 Å². The Bertz CT molecular complexity index is 771. The third-order valence-electron chi connectivity index (χ3n) is 5.09. The zero-order valence-corrected chi connectivity index (χ0v) is 16.9. The van der Waals surface area contributed by atoms with Gasteiger partial charge in [0.15, 0.2) is 5.96 Å². The smallest absolute Gasteiger partial charge is 0.370 e. The molecule has 0 saturated carbocycles. The summed E-state index contributed by atoms with van der Waals surface area (Å²) in [6.45, 7) is 4.30. The van der Waals surface area contributed by atoms with E-state index < -0.39 is 15.5 Å². The summed E-state index contributed by atoms with van der Waals surface area (Å²) >= 11 is 0. The number of alkyl halides is 3. The first kappa shape index (κ1) is 22.5. The van der Waals surface area contributed by atoms with Crippen LogP contribution in [0.5, 0.6) is 0 Å².